The van der Waals surface area contributed by atoms with Crippen molar-refractivity contribution in [1.29, 1.82) is 0 Å². The molecule has 0 spiro atoms. The van der Waals surface area contributed by atoms with E-state index in [1.54, 1.807) is 7.11 Å². The number of aromatic amines is 1. The second-order valence-electron chi connectivity index (χ2n) is 3.49. The number of hydrogen-bond acceptors (Lipinski definition) is 4. The van der Waals surface area contributed by atoms with Gasteiger partial charge in [0.2, 0.25) is 0 Å². The molecule has 5 heteroatoms. The normalized spacial score (nSPS) is 10.4. The Labute approximate surface area is 93.7 Å². The molecule has 0 aliphatic carbocycles. The molecule has 0 fully saturated rings. The molecule has 2 aromatic rings. The molecule has 0 atom stereocenters. The lowest BCUT2D eigenvalue weighted by atomic mass is 10.1. The van der Waals surface area contributed by atoms with Crippen LogP contribution in [0.1, 0.15) is 11.4 Å². The monoisotopic (exact) mass is 218 g/mol. The lowest BCUT2D eigenvalue weighted by Crippen LogP contribution is -1.97. The second kappa shape index (κ2) is 4.32. The number of methoxy groups -OCH3 is 1. The smallest absolute Gasteiger partial charge is 0.181 e. The maximum atomic E-state index is 5.46. The molecule has 0 unspecified atom stereocenters. The molecule has 1 aromatic heterocycles. The van der Waals surface area contributed by atoms with Crippen molar-refractivity contribution in [3.05, 3.63) is 29.6 Å². The molecule has 5 nitrogen and oxygen atoms in total. The molecule has 0 saturated heterocycles. The Morgan fingerprint density at radius 3 is 2.81 bits per heavy atom. The van der Waals surface area contributed by atoms with Crippen molar-refractivity contribution in [3.8, 4) is 17.1 Å². The first-order valence-corrected chi connectivity index (χ1v) is 5.01. The van der Waals surface area contributed by atoms with Crippen molar-refractivity contribution in [2.24, 2.45) is 5.73 Å². The number of H-pyrrole nitrogens is 1. The molecule has 0 saturated carbocycles. The van der Waals surface area contributed by atoms with E-state index < -0.39 is 0 Å². The van der Waals surface area contributed by atoms with E-state index >= 15 is 0 Å². The maximum absolute atomic E-state index is 5.46. The molecule has 0 bridgehead atoms. The average molecular weight is 218 g/mol. The third-order valence-electron chi connectivity index (χ3n) is 2.38. The molecule has 84 valence electrons. The van der Waals surface area contributed by atoms with Crippen molar-refractivity contribution in [2.75, 3.05) is 7.11 Å². The minimum absolute atomic E-state index is 0.363. The number of ether oxygens (including phenoxy) is 1. The van der Waals surface area contributed by atoms with Crippen LogP contribution in [0.25, 0.3) is 11.4 Å². The Bertz CT molecular complexity index is 492. The van der Waals surface area contributed by atoms with Gasteiger partial charge in [-0.25, -0.2) is 4.98 Å². The second-order valence-corrected chi connectivity index (χ2v) is 3.49. The van der Waals surface area contributed by atoms with Crippen LogP contribution in [0, 0.1) is 6.92 Å². The Morgan fingerprint density at radius 1 is 1.44 bits per heavy atom. The van der Waals surface area contributed by atoms with Gasteiger partial charge in [0.25, 0.3) is 0 Å². The molecular weight excluding hydrogens is 204 g/mol. The Balaban J connectivity index is 2.37. The summed E-state index contributed by atoms with van der Waals surface area (Å²) in [5, 5.41) is 6.88. The van der Waals surface area contributed by atoms with Crippen LogP contribution in [-0.2, 0) is 6.54 Å². The fraction of sp³-hybridized carbons (Fsp3) is 0.273. The van der Waals surface area contributed by atoms with E-state index in [1.807, 2.05) is 25.1 Å². The van der Waals surface area contributed by atoms with E-state index in [4.69, 9.17) is 10.5 Å². The van der Waals surface area contributed by atoms with E-state index in [-0.39, 0.29) is 0 Å². The standard InChI is InChI=1S/C11H14N4O/c1-7-5-8(3-4-9(7)16-2)11-13-10(6-12)14-15-11/h3-5H,6,12H2,1-2H3,(H,13,14,15). The van der Waals surface area contributed by atoms with Crippen molar-refractivity contribution in [2.45, 2.75) is 13.5 Å². The van der Waals surface area contributed by atoms with E-state index in [9.17, 15) is 0 Å². The summed E-state index contributed by atoms with van der Waals surface area (Å²) in [6.07, 6.45) is 0. The van der Waals surface area contributed by atoms with Gasteiger partial charge in [-0.1, -0.05) is 0 Å². The van der Waals surface area contributed by atoms with Crippen LogP contribution in [0.15, 0.2) is 18.2 Å². The summed E-state index contributed by atoms with van der Waals surface area (Å²) >= 11 is 0. The molecule has 3 N–H and O–H groups in total. The number of nitrogens with two attached hydrogens (primary N) is 1. The maximum Gasteiger partial charge on any atom is 0.181 e. The number of rotatable bonds is 3. The van der Waals surface area contributed by atoms with E-state index in [1.165, 1.54) is 0 Å². The topological polar surface area (TPSA) is 76.8 Å². The van der Waals surface area contributed by atoms with E-state index in [0.29, 0.717) is 18.2 Å². The van der Waals surface area contributed by atoms with Gasteiger partial charge >= 0.3 is 0 Å². The lowest BCUT2D eigenvalue weighted by molar-refractivity contribution is 0.412. The molecule has 0 aliphatic heterocycles. The van der Waals surface area contributed by atoms with Crippen molar-refractivity contribution in [3.63, 3.8) is 0 Å². The first kappa shape index (κ1) is 10.6. The molecule has 2 rings (SSSR count). The minimum Gasteiger partial charge on any atom is -0.496 e. The summed E-state index contributed by atoms with van der Waals surface area (Å²) in [6.45, 7) is 2.35. The average Bonchev–Trinajstić information content (AvgIpc) is 2.77. The molecule has 1 heterocycles. The van der Waals surface area contributed by atoms with Crippen LogP contribution < -0.4 is 10.5 Å². The van der Waals surface area contributed by atoms with Gasteiger partial charge in [-0.3, -0.25) is 5.10 Å². The van der Waals surface area contributed by atoms with Gasteiger partial charge in [0, 0.05) is 5.56 Å². The van der Waals surface area contributed by atoms with Crippen molar-refractivity contribution >= 4 is 0 Å². The van der Waals surface area contributed by atoms with Crippen LogP contribution >= 0.6 is 0 Å². The zero-order chi connectivity index (χ0) is 11.5. The Kier molecular flexibility index (Phi) is 2.87. The Morgan fingerprint density at radius 2 is 2.25 bits per heavy atom. The molecule has 1 aromatic carbocycles. The van der Waals surface area contributed by atoms with Crippen LogP contribution in [0.4, 0.5) is 0 Å². The molecular formula is C11H14N4O. The number of aromatic nitrogens is 3. The SMILES string of the molecule is COc1ccc(-c2n[nH]c(CN)n2)cc1C. The molecule has 0 aliphatic rings. The minimum atomic E-state index is 0.363. The predicted molar refractivity (Wildman–Crippen MR) is 61.0 cm³/mol. The third kappa shape index (κ3) is 1.90. The number of hydrogen-bond donors (Lipinski definition) is 2. The summed E-state index contributed by atoms with van der Waals surface area (Å²) in [6, 6.07) is 5.82. The third-order valence-corrected chi connectivity index (χ3v) is 2.38. The highest BCUT2D eigenvalue weighted by Gasteiger charge is 2.06. The van der Waals surface area contributed by atoms with Gasteiger partial charge in [0.1, 0.15) is 11.6 Å². The van der Waals surface area contributed by atoms with Crippen LogP contribution in [-0.4, -0.2) is 22.3 Å². The Hall–Kier alpha value is -1.88. The predicted octanol–water partition coefficient (Wildman–Crippen LogP) is 1.25. The van der Waals surface area contributed by atoms with Crippen LogP contribution in [0.2, 0.25) is 0 Å². The van der Waals surface area contributed by atoms with Gasteiger partial charge in [-0.05, 0) is 30.7 Å². The van der Waals surface area contributed by atoms with Crippen molar-refractivity contribution in [1.82, 2.24) is 15.2 Å². The van der Waals surface area contributed by atoms with Gasteiger partial charge in [0.15, 0.2) is 5.82 Å². The zero-order valence-electron chi connectivity index (χ0n) is 9.32. The fourth-order valence-electron chi connectivity index (χ4n) is 1.53. The van der Waals surface area contributed by atoms with Gasteiger partial charge in [-0.15, -0.1) is 0 Å². The highest BCUT2D eigenvalue weighted by molar-refractivity contribution is 5.58. The van der Waals surface area contributed by atoms with Gasteiger partial charge in [-0.2, -0.15) is 5.10 Å². The molecule has 0 radical (unpaired) electrons. The number of benzene rings is 1. The van der Waals surface area contributed by atoms with Gasteiger partial charge in [0.05, 0.1) is 13.7 Å². The van der Waals surface area contributed by atoms with E-state index in [0.717, 1.165) is 16.9 Å². The number of nitrogens with one attached hydrogen (secondary N) is 1. The highest BCUT2D eigenvalue weighted by atomic mass is 16.5. The first-order chi connectivity index (χ1) is 7.74. The van der Waals surface area contributed by atoms with Crippen molar-refractivity contribution < 1.29 is 4.74 Å². The summed E-state index contributed by atoms with van der Waals surface area (Å²) in [5.74, 6) is 2.20. The largest absolute Gasteiger partial charge is 0.496 e. The number of nitrogens with zero attached hydrogens (tertiary/aromatic N) is 2. The van der Waals surface area contributed by atoms with Crippen LogP contribution in [0.5, 0.6) is 5.75 Å². The summed E-state index contributed by atoms with van der Waals surface area (Å²) in [7, 11) is 1.65. The summed E-state index contributed by atoms with van der Waals surface area (Å²) in [4.78, 5) is 4.26. The highest BCUT2D eigenvalue weighted by Crippen LogP contribution is 2.23. The van der Waals surface area contributed by atoms with Crippen LogP contribution in [0.3, 0.4) is 0 Å². The molecule has 0 amide bonds. The lowest BCUT2D eigenvalue weighted by Gasteiger charge is -2.04. The zero-order valence-corrected chi connectivity index (χ0v) is 9.32. The van der Waals surface area contributed by atoms with Gasteiger partial charge < -0.3 is 10.5 Å². The summed E-state index contributed by atoms with van der Waals surface area (Å²) in [5.41, 5.74) is 7.47. The fourth-order valence-corrected chi connectivity index (χ4v) is 1.53. The quantitative estimate of drug-likeness (QED) is 0.812. The first-order valence-electron chi connectivity index (χ1n) is 5.01. The van der Waals surface area contributed by atoms with E-state index in [2.05, 4.69) is 15.2 Å². The number of aryl methyl sites for hydroxylation is 1. The summed E-state index contributed by atoms with van der Waals surface area (Å²) < 4.78 is 5.19. The molecule has 16 heavy (non-hydrogen) atoms.